The van der Waals surface area contributed by atoms with E-state index in [9.17, 15) is 4.79 Å². The molecule has 1 aromatic rings. The maximum absolute atomic E-state index is 11.6. The van der Waals surface area contributed by atoms with Gasteiger partial charge in [0.25, 0.3) is 0 Å². The van der Waals surface area contributed by atoms with E-state index in [0.29, 0.717) is 0 Å². The van der Waals surface area contributed by atoms with Crippen molar-refractivity contribution >= 4 is 17.4 Å². The van der Waals surface area contributed by atoms with Crippen LogP contribution in [0.1, 0.15) is 37.8 Å². The van der Waals surface area contributed by atoms with Gasteiger partial charge in [-0.2, -0.15) is 0 Å². The van der Waals surface area contributed by atoms with Gasteiger partial charge in [-0.3, -0.25) is 0 Å². The second kappa shape index (κ2) is 4.64. The fourth-order valence-electron chi connectivity index (χ4n) is 1.90. The summed E-state index contributed by atoms with van der Waals surface area (Å²) in [5.41, 5.74) is 2.63. The van der Waals surface area contributed by atoms with E-state index in [2.05, 4.69) is 10.3 Å². The van der Waals surface area contributed by atoms with Gasteiger partial charge in [0.2, 0.25) is 0 Å². The Morgan fingerprint density at radius 1 is 1.59 bits per heavy atom. The zero-order valence-corrected chi connectivity index (χ0v) is 11.3. The molecule has 5 heteroatoms. The van der Waals surface area contributed by atoms with Crippen molar-refractivity contribution in [3.8, 4) is 0 Å². The van der Waals surface area contributed by atoms with Crippen molar-refractivity contribution in [2.45, 2.75) is 51.7 Å². The minimum Gasteiger partial charge on any atom is -0.444 e. The van der Waals surface area contributed by atoms with Crippen LogP contribution in [-0.2, 0) is 17.6 Å². The first-order valence-corrected chi connectivity index (χ1v) is 6.73. The normalized spacial score (nSPS) is 19.6. The number of alkyl carbamates (subject to hydrolysis) is 1. The van der Waals surface area contributed by atoms with Crippen LogP contribution < -0.4 is 5.32 Å². The van der Waals surface area contributed by atoms with Crippen molar-refractivity contribution in [1.82, 2.24) is 10.3 Å². The number of fused-ring (bicyclic) bond motifs is 1. The van der Waals surface area contributed by atoms with Crippen molar-refractivity contribution in [1.29, 1.82) is 0 Å². The van der Waals surface area contributed by atoms with E-state index in [-0.39, 0.29) is 12.1 Å². The largest absolute Gasteiger partial charge is 0.444 e. The van der Waals surface area contributed by atoms with Gasteiger partial charge in [-0.1, -0.05) is 0 Å². The molecule has 0 aliphatic heterocycles. The molecule has 1 aliphatic rings. The van der Waals surface area contributed by atoms with Gasteiger partial charge in [0.15, 0.2) is 0 Å². The van der Waals surface area contributed by atoms with Crippen LogP contribution in [-0.4, -0.2) is 22.7 Å². The van der Waals surface area contributed by atoms with E-state index in [0.717, 1.165) is 19.3 Å². The molecular formula is C12H18N2O2S. The van der Waals surface area contributed by atoms with Gasteiger partial charge in [-0.15, -0.1) is 11.3 Å². The summed E-state index contributed by atoms with van der Waals surface area (Å²) in [6, 6.07) is 0.179. The van der Waals surface area contributed by atoms with Crippen molar-refractivity contribution in [3.05, 3.63) is 16.1 Å². The molecule has 1 aromatic heterocycles. The maximum Gasteiger partial charge on any atom is 0.407 e. The van der Waals surface area contributed by atoms with Crippen molar-refractivity contribution in [2.75, 3.05) is 0 Å². The van der Waals surface area contributed by atoms with Crippen LogP contribution in [0.3, 0.4) is 0 Å². The number of nitrogens with zero attached hydrogens (tertiary/aromatic N) is 1. The summed E-state index contributed by atoms with van der Waals surface area (Å²) in [7, 11) is 0. The van der Waals surface area contributed by atoms with Gasteiger partial charge in [0.05, 0.1) is 11.2 Å². The van der Waals surface area contributed by atoms with Crippen LogP contribution in [0.25, 0.3) is 0 Å². The Labute approximate surface area is 105 Å². The average Bonchev–Trinajstić information content (AvgIpc) is 2.61. The highest BCUT2D eigenvalue weighted by atomic mass is 32.1. The number of carbonyl (C=O) groups excluding carboxylic acids is 1. The zero-order chi connectivity index (χ0) is 12.5. The summed E-state index contributed by atoms with van der Waals surface area (Å²) in [5, 5.41) is 2.92. The quantitative estimate of drug-likeness (QED) is 0.838. The molecule has 1 heterocycles. The van der Waals surface area contributed by atoms with Gasteiger partial charge in [-0.05, 0) is 33.6 Å². The monoisotopic (exact) mass is 254 g/mol. The number of nitrogens with one attached hydrogen (secondary N) is 1. The first-order chi connectivity index (χ1) is 7.94. The molecule has 17 heavy (non-hydrogen) atoms. The first kappa shape index (κ1) is 12.4. The Bertz CT molecular complexity index is 409. The molecule has 0 fully saturated rings. The molecule has 0 saturated carbocycles. The molecule has 4 nitrogen and oxygen atoms in total. The SMILES string of the molecule is CC(C)(C)OC(=O)N[C@H]1CCc2ncsc2C1. The number of rotatable bonds is 1. The van der Waals surface area contributed by atoms with Crippen molar-refractivity contribution < 1.29 is 9.53 Å². The molecule has 0 bridgehead atoms. The third kappa shape index (κ3) is 3.43. The van der Waals surface area contributed by atoms with Gasteiger partial charge in [-0.25, -0.2) is 9.78 Å². The number of aryl methyl sites for hydroxylation is 1. The molecule has 1 N–H and O–H groups in total. The smallest absolute Gasteiger partial charge is 0.407 e. The Morgan fingerprint density at radius 3 is 3.06 bits per heavy atom. The van der Waals surface area contributed by atoms with Gasteiger partial charge in [0, 0.05) is 17.3 Å². The molecule has 0 saturated heterocycles. The Hall–Kier alpha value is -1.10. The van der Waals surface area contributed by atoms with Gasteiger partial charge < -0.3 is 10.1 Å². The van der Waals surface area contributed by atoms with Gasteiger partial charge >= 0.3 is 6.09 Å². The molecule has 1 amide bonds. The predicted molar refractivity (Wildman–Crippen MR) is 67.3 cm³/mol. The zero-order valence-electron chi connectivity index (χ0n) is 10.4. The predicted octanol–water partition coefficient (Wildman–Crippen LogP) is 2.53. The first-order valence-electron chi connectivity index (χ1n) is 5.85. The topological polar surface area (TPSA) is 51.2 Å². The Balaban J connectivity index is 1.88. The number of hydrogen-bond donors (Lipinski definition) is 1. The van der Waals surface area contributed by atoms with E-state index in [4.69, 9.17) is 4.74 Å². The lowest BCUT2D eigenvalue weighted by atomic mass is 9.98. The molecule has 1 aliphatic carbocycles. The Kier molecular flexibility index (Phi) is 3.38. The summed E-state index contributed by atoms with van der Waals surface area (Å²) in [6.45, 7) is 5.61. The summed E-state index contributed by atoms with van der Waals surface area (Å²) in [6.07, 6.45) is 2.43. The number of amides is 1. The van der Waals surface area contributed by atoms with Crippen LogP contribution in [0.4, 0.5) is 4.79 Å². The lowest BCUT2D eigenvalue weighted by molar-refractivity contribution is 0.0500. The third-order valence-corrected chi connectivity index (χ3v) is 3.51. The summed E-state index contributed by atoms with van der Waals surface area (Å²) >= 11 is 1.67. The van der Waals surface area contributed by atoms with E-state index in [1.54, 1.807) is 11.3 Å². The molecule has 0 spiro atoms. The minimum absolute atomic E-state index is 0.179. The number of ether oxygens (including phenoxy) is 1. The van der Waals surface area contributed by atoms with E-state index < -0.39 is 5.60 Å². The summed E-state index contributed by atoms with van der Waals surface area (Å²) in [5.74, 6) is 0. The van der Waals surface area contributed by atoms with Crippen molar-refractivity contribution in [2.24, 2.45) is 0 Å². The molecule has 0 unspecified atom stereocenters. The molecule has 1 atom stereocenters. The summed E-state index contributed by atoms with van der Waals surface area (Å²) < 4.78 is 5.25. The standard InChI is InChI=1S/C12H18N2O2S/c1-12(2,3)16-11(15)14-8-4-5-9-10(6-8)17-7-13-9/h7-8H,4-6H2,1-3H3,(H,14,15)/t8-/m0/s1. The molecule has 0 radical (unpaired) electrons. The van der Waals surface area contributed by atoms with Crippen LogP contribution in [0.15, 0.2) is 5.51 Å². The van der Waals surface area contributed by atoms with E-state index in [1.165, 1.54) is 10.6 Å². The van der Waals surface area contributed by atoms with Gasteiger partial charge in [0.1, 0.15) is 5.60 Å². The van der Waals surface area contributed by atoms with Crippen LogP contribution in [0, 0.1) is 0 Å². The van der Waals surface area contributed by atoms with Crippen molar-refractivity contribution in [3.63, 3.8) is 0 Å². The van der Waals surface area contributed by atoms with Crippen LogP contribution in [0.2, 0.25) is 0 Å². The third-order valence-electron chi connectivity index (χ3n) is 2.61. The minimum atomic E-state index is -0.436. The highest BCUT2D eigenvalue weighted by Gasteiger charge is 2.24. The highest BCUT2D eigenvalue weighted by molar-refractivity contribution is 7.09. The number of thiazole rings is 1. The summed E-state index contributed by atoms with van der Waals surface area (Å²) in [4.78, 5) is 17.2. The van der Waals surface area contributed by atoms with Crippen LogP contribution >= 0.6 is 11.3 Å². The molecular weight excluding hydrogens is 236 g/mol. The molecule has 94 valence electrons. The molecule has 0 aromatic carbocycles. The number of hydrogen-bond acceptors (Lipinski definition) is 4. The number of carbonyl (C=O) groups is 1. The second-order valence-corrected chi connectivity index (χ2v) is 6.25. The van der Waals surface area contributed by atoms with E-state index >= 15 is 0 Å². The van der Waals surface area contributed by atoms with Crippen LogP contribution in [0.5, 0.6) is 0 Å². The number of aromatic nitrogens is 1. The average molecular weight is 254 g/mol. The molecule has 2 rings (SSSR count). The van der Waals surface area contributed by atoms with E-state index in [1.807, 2.05) is 26.3 Å². The Morgan fingerprint density at radius 2 is 2.35 bits per heavy atom. The fraction of sp³-hybridized carbons (Fsp3) is 0.667. The lowest BCUT2D eigenvalue weighted by Gasteiger charge is -2.25. The fourth-order valence-corrected chi connectivity index (χ4v) is 2.79. The maximum atomic E-state index is 11.6. The highest BCUT2D eigenvalue weighted by Crippen LogP contribution is 2.23. The second-order valence-electron chi connectivity index (χ2n) is 5.31. The lowest BCUT2D eigenvalue weighted by Crippen LogP contribution is -2.41.